The summed E-state index contributed by atoms with van der Waals surface area (Å²) >= 11 is 0. The van der Waals surface area contributed by atoms with Crippen molar-refractivity contribution in [2.24, 2.45) is 5.92 Å². The van der Waals surface area contributed by atoms with Crippen LogP contribution in [-0.2, 0) is 28.3 Å². The molecule has 1 N–H and O–H groups in total. The largest absolute Gasteiger partial charge is 3.00 e. The summed E-state index contributed by atoms with van der Waals surface area (Å²) in [6.07, 6.45) is 2.32. The van der Waals surface area contributed by atoms with E-state index in [9.17, 15) is 0 Å². The molecule has 25 heavy (non-hydrogen) atoms. The fourth-order valence-corrected chi connectivity index (χ4v) is 2.73. The monoisotopic (exact) mass is 409 g/mol. The second-order valence-electron chi connectivity index (χ2n) is 5.60. The SMILES string of the molecule is CC1=CC(C)C(c2[c-]cccc2)=C1C.OCc1ccccc1.[Cl-].[Cl-].[Ti+3]. The molecule has 3 rings (SSSR count). The van der Waals surface area contributed by atoms with Gasteiger partial charge in [0, 0.05) is 0 Å². The molecular formula is C21H23Cl2OTi. The van der Waals surface area contributed by atoms with E-state index in [1.54, 1.807) is 0 Å². The van der Waals surface area contributed by atoms with E-state index in [0.717, 1.165) is 5.56 Å². The van der Waals surface area contributed by atoms with E-state index in [2.05, 4.69) is 45.0 Å². The summed E-state index contributed by atoms with van der Waals surface area (Å²) in [5.41, 5.74) is 6.46. The first-order valence-corrected chi connectivity index (χ1v) is 7.65. The smallest absolute Gasteiger partial charge is 1.00 e. The Morgan fingerprint density at radius 1 is 0.960 bits per heavy atom. The van der Waals surface area contributed by atoms with E-state index >= 15 is 0 Å². The number of rotatable bonds is 2. The predicted octanol–water partition coefficient (Wildman–Crippen LogP) is -0.959. The maximum absolute atomic E-state index is 8.54. The molecule has 1 atom stereocenters. The van der Waals surface area contributed by atoms with Gasteiger partial charge in [0.1, 0.15) is 0 Å². The van der Waals surface area contributed by atoms with Gasteiger partial charge in [0.05, 0.1) is 6.61 Å². The van der Waals surface area contributed by atoms with Crippen molar-refractivity contribution in [2.45, 2.75) is 27.4 Å². The first-order valence-electron chi connectivity index (χ1n) is 7.65. The van der Waals surface area contributed by atoms with Crippen LogP contribution in [0.1, 0.15) is 31.9 Å². The molecule has 1 aliphatic rings. The Morgan fingerprint density at radius 2 is 1.56 bits per heavy atom. The van der Waals surface area contributed by atoms with Gasteiger partial charge in [-0.3, -0.25) is 0 Å². The second-order valence-corrected chi connectivity index (χ2v) is 5.60. The maximum atomic E-state index is 8.54. The molecule has 1 nitrogen and oxygen atoms in total. The van der Waals surface area contributed by atoms with E-state index in [4.69, 9.17) is 5.11 Å². The fourth-order valence-electron chi connectivity index (χ4n) is 2.73. The predicted molar refractivity (Wildman–Crippen MR) is 93.2 cm³/mol. The Labute approximate surface area is 179 Å². The number of aliphatic hydroxyl groups is 1. The van der Waals surface area contributed by atoms with Crippen molar-refractivity contribution in [1.29, 1.82) is 0 Å². The summed E-state index contributed by atoms with van der Waals surface area (Å²) < 4.78 is 0. The van der Waals surface area contributed by atoms with E-state index in [1.807, 2.05) is 42.5 Å². The molecule has 0 fully saturated rings. The third-order valence-electron chi connectivity index (χ3n) is 3.98. The van der Waals surface area contributed by atoms with Crippen molar-refractivity contribution >= 4 is 5.57 Å². The molecule has 1 radical (unpaired) electrons. The van der Waals surface area contributed by atoms with Crippen LogP contribution in [0.3, 0.4) is 0 Å². The number of hydrogen-bond donors (Lipinski definition) is 1. The minimum atomic E-state index is 0. The van der Waals surface area contributed by atoms with Gasteiger partial charge in [0.25, 0.3) is 0 Å². The van der Waals surface area contributed by atoms with Gasteiger partial charge in [0.2, 0.25) is 0 Å². The Hall–Kier alpha value is -0.826. The van der Waals surface area contributed by atoms with Gasteiger partial charge in [-0.2, -0.15) is 0 Å². The molecule has 0 saturated carbocycles. The number of hydrogen-bond acceptors (Lipinski definition) is 1. The van der Waals surface area contributed by atoms with Gasteiger partial charge in [-0.25, -0.2) is 0 Å². The first kappa shape index (κ1) is 26.4. The van der Waals surface area contributed by atoms with Crippen molar-refractivity contribution in [3.8, 4) is 0 Å². The summed E-state index contributed by atoms with van der Waals surface area (Å²) in [4.78, 5) is 0. The molecular weight excluding hydrogens is 387 g/mol. The van der Waals surface area contributed by atoms with Crippen LogP contribution in [0, 0.1) is 12.0 Å². The molecule has 0 aliphatic heterocycles. The third kappa shape index (κ3) is 7.52. The van der Waals surface area contributed by atoms with Gasteiger partial charge in [-0.1, -0.05) is 54.5 Å². The second kappa shape index (κ2) is 13.4. The fraction of sp³-hybridized carbons (Fsp3) is 0.238. The molecule has 0 amide bonds. The molecule has 2 aromatic rings. The van der Waals surface area contributed by atoms with Crippen molar-refractivity contribution in [1.82, 2.24) is 0 Å². The molecule has 0 bridgehead atoms. The van der Waals surface area contributed by atoms with Crippen molar-refractivity contribution in [2.75, 3.05) is 0 Å². The zero-order valence-electron chi connectivity index (χ0n) is 14.8. The zero-order valence-corrected chi connectivity index (χ0v) is 17.8. The van der Waals surface area contributed by atoms with E-state index in [-0.39, 0.29) is 53.1 Å². The number of allylic oxidation sites excluding steroid dienone is 4. The summed E-state index contributed by atoms with van der Waals surface area (Å²) in [5.74, 6) is 0.536. The minimum Gasteiger partial charge on any atom is -1.00 e. The van der Waals surface area contributed by atoms with Crippen molar-refractivity contribution in [3.63, 3.8) is 0 Å². The number of aliphatic hydroxyl groups excluding tert-OH is 1. The Bertz CT molecular complexity index is 667. The molecule has 0 heterocycles. The Kier molecular flexibility index (Phi) is 14.1. The molecule has 0 saturated heterocycles. The average molecular weight is 410 g/mol. The van der Waals surface area contributed by atoms with Crippen LogP contribution in [0.2, 0.25) is 0 Å². The van der Waals surface area contributed by atoms with Crippen molar-refractivity contribution < 1.29 is 51.6 Å². The molecule has 4 heteroatoms. The topological polar surface area (TPSA) is 20.2 Å². The average Bonchev–Trinajstić information content (AvgIpc) is 2.82. The van der Waals surface area contributed by atoms with Crippen LogP contribution >= 0.6 is 0 Å². The Balaban J connectivity index is 0. The van der Waals surface area contributed by atoms with Gasteiger partial charge >= 0.3 is 21.7 Å². The van der Waals surface area contributed by atoms with Gasteiger partial charge < -0.3 is 29.9 Å². The van der Waals surface area contributed by atoms with Gasteiger partial charge in [-0.15, -0.1) is 41.5 Å². The molecule has 1 aliphatic carbocycles. The normalized spacial score (nSPS) is 14.9. The Morgan fingerprint density at radius 3 is 1.96 bits per heavy atom. The van der Waals surface area contributed by atoms with E-state index in [1.165, 1.54) is 22.3 Å². The summed E-state index contributed by atoms with van der Waals surface area (Å²) in [6.45, 7) is 6.77. The van der Waals surface area contributed by atoms with Crippen LogP contribution in [0.4, 0.5) is 0 Å². The quantitative estimate of drug-likeness (QED) is 0.500. The molecule has 131 valence electrons. The first-order chi connectivity index (χ1) is 10.6. The van der Waals surface area contributed by atoms with Crippen molar-refractivity contribution in [3.05, 3.63) is 89.0 Å². The third-order valence-corrected chi connectivity index (χ3v) is 3.98. The van der Waals surface area contributed by atoms with Gasteiger partial charge in [-0.05, 0) is 25.3 Å². The van der Waals surface area contributed by atoms with Crippen LogP contribution in [0.5, 0.6) is 0 Å². The molecule has 0 spiro atoms. The summed E-state index contributed by atoms with van der Waals surface area (Å²) in [5, 5.41) is 8.54. The van der Waals surface area contributed by atoms with E-state index < -0.39 is 0 Å². The standard InChI is InChI=1S/C14H15.C7H8O.2ClH.Ti/c1-10-9-11(2)14(12(10)3)13-7-5-4-6-8-13;8-6-7-4-2-1-3-5-7;;;/h4-7,9,11H,1-3H3;1-5,8H,6H2;2*1H;/q-1;;;;+3/p-2. The van der Waals surface area contributed by atoms with E-state index in [0.29, 0.717) is 5.92 Å². The molecule has 0 aromatic heterocycles. The number of benzene rings is 2. The zero-order chi connectivity index (χ0) is 15.9. The van der Waals surface area contributed by atoms with Crippen LogP contribution in [0.15, 0.2) is 71.8 Å². The summed E-state index contributed by atoms with van der Waals surface area (Å²) in [6, 6.07) is 21.0. The summed E-state index contributed by atoms with van der Waals surface area (Å²) in [7, 11) is 0. The van der Waals surface area contributed by atoms with Crippen LogP contribution < -0.4 is 24.8 Å². The van der Waals surface area contributed by atoms with Gasteiger partial charge in [0.15, 0.2) is 0 Å². The minimum absolute atomic E-state index is 0. The van der Waals surface area contributed by atoms with Crippen LogP contribution in [-0.4, -0.2) is 5.11 Å². The number of halogens is 2. The molecule has 1 unspecified atom stereocenters. The maximum Gasteiger partial charge on any atom is 3.00 e. The van der Waals surface area contributed by atoms with Crippen LogP contribution in [0.25, 0.3) is 5.57 Å². The molecule has 2 aromatic carbocycles.